The van der Waals surface area contributed by atoms with Crippen LogP contribution in [0.1, 0.15) is 59.6 Å². The fourth-order valence-electron chi connectivity index (χ4n) is 4.46. The molecular weight excluding hydrogens is 428 g/mol. The first-order valence-corrected chi connectivity index (χ1v) is 10.7. The first-order chi connectivity index (χ1) is 15.3. The van der Waals surface area contributed by atoms with Gasteiger partial charge in [0.25, 0.3) is 5.91 Å². The van der Waals surface area contributed by atoms with Gasteiger partial charge in [0.2, 0.25) is 5.88 Å². The maximum absolute atomic E-state index is 13.6. The zero-order valence-corrected chi connectivity index (χ0v) is 17.2. The zero-order chi connectivity index (χ0) is 22.5. The summed E-state index contributed by atoms with van der Waals surface area (Å²) < 4.78 is 58.7. The minimum atomic E-state index is -4.86. The molecule has 32 heavy (non-hydrogen) atoms. The fraction of sp³-hybridized carbons (Fsp3) is 0.500. The SMILES string of the molecule is O=C(c1ccc(F)c(C(F)(F)F)c1)N1CC[C@@H]2CC[C@H](Oc3cnc(C4CC4)cn3)N2C1. The Hall–Kier alpha value is -2.75. The molecule has 2 aliphatic heterocycles. The van der Waals surface area contributed by atoms with Crippen LogP contribution in [-0.4, -0.2) is 51.2 Å². The van der Waals surface area contributed by atoms with Gasteiger partial charge in [-0.2, -0.15) is 13.2 Å². The van der Waals surface area contributed by atoms with E-state index in [2.05, 4.69) is 9.97 Å². The lowest BCUT2D eigenvalue weighted by Gasteiger charge is -2.40. The molecule has 3 fully saturated rings. The van der Waals surface area contributed by atoms with Gasteiger partial charge in [-0.25, -0.2) is 14.3 Å². The topological polar surface area (TPSA) is 58.6 Å². The van der Waals surface area contributed by atoms with Crippen LogP contribution in [0.4, 0.5) is 17.6 Å². The summed E-state index contributed by atoms with van der Waals surface area (Å²) >= 11 is 0. The normalized spacial score (nSPS) is 23.8. The van der Waals surface area contributed by atoms with Crippen LogP contribution in [-0.2, 0) is 6.18 Å². The smallest absolute Gasteiger partial charge is 0.419 e. The number of fused-ring (bicyclic) bond motifs is 1. The number of alkyl halides is 3. The predicted molar refractivity (Wildman–Crippen MR) is 105 cm³/mol. The number of aromatic nitrogens is 2. The van der Waals surface area contributed by atoms with Crippen molar-refractivity contribution >= 4 is 5.91 Å². The van der Waals surface area contributed by atoms with Crippen molar-refractivity contribution in [3.63, 3.8) is 0 Å². The maximum Gasteiger partial charge on any atom is 0.419 e. The number of rotatable bonds is 4. The molecule has 2 saturated heterocycles. The Bertz CT molecular complexity index is 1010. The summed E-state index contributed by atoms with van der Waals surface area (Å²) in [5, 5.41) is 0. The standard InChI is InChI=1S/C22H22F4N4O2/c23-17-5-3-14(9-16(17)22(24,25)26)21(31)29-8-7-15-4-6-20(30(15)12-29)32-19-11-27-18(10-28-19)13-1-2-13/h3,5,9-11,13,15,20H,1-2,4,6-8,12H2/t15-,20-/m0/s1. The van der Waals surface area contributed by atoms with E-state index in [0.717, 1.165) is 37.4 Å². The Morgan fingerprint density at radius 2 is 1.88 bits per heavy atom. The van der Waals surface area contributed by atoms with E-state index < -0.39 is 23.5 Å². The summed E-state index contributed by atoms with van der Waals surface area (Å²) in [5.41, 5.74) is -0.655. The second-order valence-corrected chi connectivity index (χ2v) is 8.56. The summed E-state index contributed by atoms with van der Waals surface area (Å²) in [5.74, 6) is -1.04. The van der Waals surface area contributed by atoms with Crippen LogP contribution >= 0.6 is 0 Å². The number of hydrogen-bond donors (Lipinski definition) is 0. The third kappa shape index (κ3) is 4.15. The molecule has 3 aliphatic rings. The summed E-state index contributed by atoms with van der Waals surface area (Å²) in [6, 6.07) is 2.59. The van der Waals surface area contributed by atoms with Gasteiger partial charge in [-0.15, -0.1) is 0 Å². The van der Waals surface area contributed by atoms with Gasteiger partial charge in [0.05, 0.1) is 30.3 Å². The van der Waals surface area contributed by atoms with E-state index in [1.54, 1.807) is 12.4 Å². The first-order valence-electron chi connectivity index (χ1n) is 10.7. The van der Waals surface area contributed by atoms with Gasteiger partial charge < -0.3 is 9.64 Å². The highest BCUT2D eigenvalue weighted by molar-refractivity contribution is 5.94. The van der Waals surface area contributed by atoms with Crippen molar-refractivity contribution in [1.82, 2.24) is 19.8 Å². The third-order valence-electron chi connectivity index (χ3n) is 6.36. The number of halogens is 4. The molecule has 1 saturated carbocycles. The Balaban J connectivity index is 1.28. The highest BCUT2D eigenvalue weighted by Crippen LogP contribution is 2.39. The molecular formula is C22H22F4N4O2. The molecule has 2 aromatic rings. The summed E-state index contributed by atoms with van der Waals surface area (Å²) in [4.78, 5) is 25.2. The molecule has 6 nitrogen and oxygen atoms in total. The van der Waals surface area contributed by atoms with Crippen LogP contribution in [0.25, 0.3) is 0 Å². The molecule has 3 heterocycles. The molecule has 1 aliphatic carbocycles. The van der Waals surface area contributed by atoms with E-state index in [1.807, 2.05) is 4.90 Å². The van der Waals surface area contributed by atoms with Crippen LogP contribution in [0.2, 0.25) is 0 Å². The van der Waals surface area contributed by atoms with Crippen molar-refractivity contribution in [3.8, 4) is 5.88 Å². The van der Waals surface area contributed by atoms with Crippen LogP contribution in [0.3, 0.4) is 0 Å². The monoisotopic (exact) mass is 450 g/mol. The molecule has 0 radical (unpaired) electrons. The predicted octanol–water partition coefficient (Wildman–Crippen LogP) is 4.18. The molecule has 10 heteroatoms. The van der Waals surface area contributed by atoms with Crippen LogP contribution in [0.5, 0.6) is 5.88 Å². The van der Waals surface area contributed by atoms with Crippen molar-refractivity contribution in [2.45, 2.75) is 56.5 Å². The summed E-state index contributed by atoms with van der Waals surface area (Å²) in [7, 11) is 0. The van der Waals surface area contributed by atoms with E-state index in [0.29, 0.717) is 36.9 Å². The zero-order valence-electron chi connectivity index (χ0n) is 17.2. The average Bonchev–Trinajstić information content (AvgIpc) is 3.55. The van der Waals surface area contributed by atoms with Gasteiger partial charge in [-0.05, 0) is 50.3 Å². The number of hydrogen-bond acceptors (Lipinski definition) is 5. The van der Waals surface area contributed by atoms with Crippen molar-refractivity contribution in [2.24, 2.45) is 0 Å². The lowest BCUT2D eigenvalue weighted by molar-refractivity contribution is -0.140. The molecule has 1 aromatic heterocycles. The Kier molecular flexibility index (Phi) is 5.27. The Morgan fingerprint density at radius 1 is 1.06 bits per heavy atom. The van der Waals surface area contributed by atoms with Crippen molar-refractivity contribution in [3.05, 3.63) is 53.2 Å². The quantitative estimate of drug-likeness (QED) is 0.654. The number of nitrogens with zero attached hydrogens (tertiary/aromatic N) is 4. The van der Waals surface area contributed by atoms with E-state index in [-0.39, 0.29) is 24.5 Å². The third-order valence-corrected chi connectivity index (χ3v) is 6.36. The lowest BCUT2D eigenvalue weighted by atomic mass is 10.1. The highest BCUT2D eigenvalue weighted by atomic mass is 19.4. The Labute approximate surface area is 182 Å². The van der Waals surface area contributed by atoms with Crippen LogP contribution in [0, 0.1) is 5.82 Å². The van der Waals surface area contributed by atoms with Gasteiger partial charge in [0.1, 0.15) is 5.82 Å². The summed E-state index contributed by atoms with van der Waals surface area (Å²) in [6.07, 6.45) is 2.80. The second kappa shape index (κ2) is 7.99. The van der Waals surface area contributed by atoms with E-state index >= 15 is 0 Å². The first kappa shape index (κ1) is 21.1. The summed E-state index contributed by atoms with van der Waals surface area (Å²) in [6.45, 7) is 0.641. The van der Waals surface area contributed by atoms with E-state index in [1.165, 1.54) is 4.90 Å². The second-order valence-electron chi connectivity index (χ2n) is 8.56. The van der Waals surface area contributed by atoms with Gasteiger partial charge in [-0.3, -0.25) is 9.78 Å². The largest absolute Gasteiger partial charge is 0.457 e. The fourth-order valence-corrected chi connectivity index (χ4v) is 4.46. The highest BCUT2D eigenvalue weighted by Gasteiger charge is 2.41. The van der Waals surface area contributed by atoms with Crippen molar-refractivity contribution in [1.29, 1.82) is 0 Å². The molecule has 2 atom stereocenters. The van der Waals surface area contributed by atoms with Crippen molar-refractivity contribution in [2.75, 3.05) is 13.2 Å². The van der Waals surface area contributed by atoms with Gasteiger partial charge in [0, 0.05) is 24.1 Å². The molecule has 170 valence electrons. The van der Waals surface area contributed by atoms with Gasteiger partial charge in [-0.1, -0.05) is 0 Å². The van der Waals surface area contributed by atoms with Crippen molar-refractivity contribution < 1.29 is 27.1 Å². The van der Waals surface area contributed by atoms with Crippen LogP contribution in [0.15, 0.2) is 30.6 Å². The molecule has 0 spiro atoms. The van der Waals surface area contributed by atoms with Crippen LogP contribution < -0.4 is 4.74 Å². The number of carbonyl (C=O) groups excluding carboxylic acids is 1. The molecule has 5 rings (SSSR count). The number of carbonyl (C=O) groups is 1. The van der Waals surface area contributed by atoms with E-state index in [9.17, 15) is 22.4 Å². The van der Waals surface area contributed by atoms with Gasteiger partial charge >= 0.3 is 6.18 Å². The lowest BCUT2D eigenvalue weighted by Crippen LogP contribution is -2.53. The number of benzene rings is 1. The number of ether oxygens (including phenoxy) is 1. The maximum atomic E-state index is 13.6. The minimum absolute atomic E-state index is 0.185. The van der Waals surface area contributed by atoms with E-state index in [4.69, 9.17) is 4.74 Å². The molecule has 1 amide bonds. The molecule has 0 unspecified atom stereocenters. The van der Waals surface area contributed by atoms with Gasteiger partial charge in [0.15, 0.2) is 6.23 Å². The number of amides is 1. The molecule has 0 N–H and O–H groups in total. The molecule has 0 bridgehead atoms. The minimum Gasteiger partial charge on any atom is -0.457 e. The Morgan fingerprint density at radius 3 is 2.56 bits per heavy atom. The molecule has 1 aromatic carbocycles. The average molecular weight is 450 g/mol.